The second-order valence-electron chi connectivity index (χ2n) is 3.62. The van der Waals surface area contributed by atoms with E-state index >= 15 is 0 Å². The Labute approximate surface area is 85.1 Å². The van der Waals surface area contributed by atoms with Gasteiger partial charge in [0.25, 0.3) is 0 Å². The molecule has 0 saturated heterocycles. The average Bonchev–Trinajstić information content (AvgIpc) is 2.82. The Balaban J connectivity index is 2.73. The van der Waals surface area contributed by atoms with Crippen LogP contribution in [-0.2, 0) is 10.0 Å². The number of rotatable bonds is 5. The zero-order valence-corrected chi connectivity index (χ0v) is 9.61. The Kier molecular flexibility index (Phi) is 3.60. The lowest BCUT2D eigenvalue weighted by Crippen LogP contribution is -2.39. The highest BCUT2D eigenvalue weighted by atomic mass is 35.5. The first-order chi connectivity index (χ1) is 6.00. The Morgan fingerprint density at radius 3 is 2.31 bits per heavy atom. The lowest BCUT2D eigenvalue weighted by Gasteiger charge is -2.22. The van der Waals surface area contributed by atoms with Crippen molar-refractivity contribution in [1.29, 1.82) is 0 Å². The van der Waals surface area contributed by atoms with Crippen molar-refractivity contribution in [2.75, 3.05) is 12.4 Å². The Hall–Kier alpha value is 0.200. The maximum atomic E-state index is 11.8. The first-order valence-electron chi connectivity index (χ1n) is 4.56. The summed E-state index contributed by atoms with van der Waals surface area (Å²) in [6.45, 7) is 3.87. The summed E-state index contributed by atoms with van der Waals surface area (Å²) in [5.41, 5.74) is 0. The maximum absolute atomic E-state index is 11.8. The molecule has 1 rings (SSSR count). The molecule has 0 N–H and O–H groups in total. The molecule has 3 nitrogen and oxygen atoms in total. The summed E-state index contributed by atoms with van der Waals surface area (Å²) in [5.74, 6) is 0.377. The van der Waals surface area contributed by atoms with Crippen LogP contribution >= 0.6 is 11.6 Å². The molecule has 0 aromatic heterocycles. The molecule has 1 aliphatic rings. The summed E-state index contributed by atoms with van der Waals surface area (Å²) in [5, 5.41) is -0.337. The minimum Gasteiger partial charge on any atom is -0.212 e. The van der Waals surface area contributed by atoms with E-state index in [1.165, 1.54) is 0 Å². The molecule has 1 saturated carbocycles. The summed E-state index contributed by atoms with van der Waals surface area (Å²) in [7, 11) is -3.09. The first-order valence-corrected chi connectivity index (χ1v) is 6.60. The molecule has 1 aliphatic carbocycles. The third kappa shape index (κ3) is 2.58. The van der Waals surface area contributed by atoms with E-state index < -0.39 is 10.0 Å². The van der Waals surface area contributed by atoms with Crippen LogP contribution in [0.5, 0.6) is 0 Å². The number of hydrogen-bond donors (Lipinski definition) is 0. The fourth-order valence-corrected chi connectivity index (χ4v) is 3.03. The van der Waals surface area contributed by atoms with Crippen molar-refractivity contribution in [3.05, 3.63) is 0 Å². The van der Waals surface area contributed by atoms with Crippen LogP contribution in [0.3, 0.4) is 0 Å². The van der Waals surface area contributed by atoms with Crippen molar-refractivity contribution in [2.45, 2.75) is 38.0 Å². The molecule has 78 valence electrons. The maximum Gasteiger partial charge on any atom is 0.216 e. The molecule has 0 aliphatic heterocycles. The lowest BCUT2D eigenvalue weighted by molar-refractivity contribution is 0.417. The van der Waals surface area contributed by atoms with E-state index in [1.807, 2.05) is 0 Å². The molecule has 0 unspecified atom stereocenters. The van der Waals surface area contributed by atoms with E-state index in [9.17, 15) is 8.42 Å². The molecule has 0 aromatic carbocycles. The highest BCUT2D eigenvalue weighted by Gasteiger charge is 2.37. The van der Waals surface area contributed by atoms with Gasteiger partial charge in [-0.05, 0) is 26.7 Å². The standard InChI is InChI=1S/C8H16ClNO2S/c1-7(2)13(11,12)10(6-5-9)8-3-4-8/h7-8H,3-6H2,1-2H3. The minimum atomic E-state index is -3.09. The first kappa shape index (κ1) is 11.3. The predicted octanol–water partition coefficient (Wildman–Crippen LogP) is 1.43. The molecule has 13 heavy (non-hydrogen) atoms. The zero-order chi connectivity index (χ0) is 10.1. The number of sulfonamides is 1. The van der Waals surface area contributed by atoms with E-state index in [0.717, 1.165) is 12.8 Å². The van der Waals surface area contributed by atoms with Crippen molar-refractivity contribution < 1.29 is 8.42 Å². The summed E-state index contributed by atoms with van der Waals surface area (Å²) >= 11 is 5.57. The monoisotopic (exact) mass is 225 g/mol. The van der Waals surface area contributed by atoms with Crippen LogP contribution in [0.25, 0.3) is 0 Å². The van der Waals surface area contributed by atoms with Crippen molar-refractivity contribution in [3.8, 4) is 0 Å². The third-order valence-corrected chi connectivity index (χ3v) is 4.68. The van der Waals surface area contributed by atoms with Crippen LogP contribution < -0.4 is 0 Å². The predicted molar refractivity (Wildman–Crippen MR) is 54.5 cm³/mol. The van der Waals surface area contributed by atoms with Crippen LogP contribution in [0.15, 0.2) is 0 Å². The quantitative estimate of drug-likeness (QED) is 0.664. The lowest BCUT2D eigenvalue weighted by atomic mass is 10.6. The van der Waals surface area contributed by atoms with Crippen LogP contribution in [-0.4, -0.2) is 36.4 Å². The van der Waals surface area contributed by atoms with Gasteiger partial charge in [0.1, 0.15) is 0 Å². The Morgan fingerprint density at radius 2 is 2.00 bits per heavy atom. The van der Waals surface area contributed by atoms with Gasteiger partial charge in [-0.25, -0.2) is 8.42 Å². The van der Waals surface area contributed by atoms with Crippen LogP contribution in [0.1, 0.15) is 26.7 Å². The van der Waals surface area contributed by atoms with Gasteiger partial charge in [0, 0.05) is 18.5 Å². The molecule has 0 bridgehead atoms. The summed E-state index contributed by atoms with van der Waals surface area (Å²) in [4.78, 5) is 0. The normalized spacial score (nSPS) is 18.5. The minimum absolute atomic E-state index is 0.228. The van der Waals surface area contributed by atoms with Crippen molar-refractivity contribution in [2.24, 2.45) is 0 Å². The molecule has 0 radical (unpaired) electrons. The van der Waals surface area contributed by atoms with E-state index in [1.54, 1.807) is 18.2 Å². The average molecular weight is 226 g/mol. The molecule has 0 heterocycles. The van der Waals surface area contributed by atoms with Gasteiger partial charge in [-0.1, -0.05) is 0 Å². The largest absolute Gasteiger partial charge is 0.216 e. The second-order valence-corrected chi connectivity index (χ2v) is 6.44. The number of nitrogens with zero attached hydrogens (tertiary/aromatic N) is 1. The van der Waals surface area contributed by atoms with Crippen molar-refractivity contribution in [3.63, 3.8) is 0 Å². The Bertz CT molecular complexity index is 259. The van der Waals surface area contributed by atoms with Gasteiger partial charge >= 0.3 is 0 Å². The fourth-order valence-electron chi connectivity index (χ4n) is 1.23. The van der Waals surface area contributed by atoms with Gasteiger partial charge in [0.15, 0.2) is 0 Å². The summed E-state index contributed by atoms with van der Waals surface area (Å²) in [6.07, 6.45) is 1.98. The van der Waals surface area contributed by atoms with Crippen LogP contribution in [0, 0.1) is 0 Å². The van der Waals surface area contributed by atoms with Crippen molar-refractivity contribution >= 4 is 21.6 Å². The fraction of sp³-hybridized carbons (Fsp3) is 1.00. The van der Waals surface area contributed by atoms with Crippen LogP contribution in [0.2, 0.25) is 0 Å². The summed E-state index contributed by atoms with van der Waals surface area (Å²) < 4.78 is 25.1. The Morgan fingerprint density at radius 1 is 1.46 bits per heavy atom. The van der Waals surface area contributed by atoms with Crippen molar-refractivity contribution in [1.82, 2.24) is 4.31 Å². The van der Waals surface area contributed by atoms with Gasteiger partial charge in [-0.3, -0.25) is 0 Å². The molecule has 0 spiro atoms. The smallest absolute Gasteiger partial charge is 0.212 e. The SMILES string of the molecule is CC(C)S(=O)(=O)N(CCCl)C1CC1. The van der Waals surface area contributed by atoms with Crippen LogP contribution in [0.4, 0.5) is 0 Å². The summed E-state index contributed by atoms with van der Waals surface area (Å²) in [6, 6.07) is 0.228. The molecular weight excluding hydrogens is 210 g/mol. The molecule has 0 amide bonds. The van der Waals surface area contributed by atoms with E-state index in [4.69, 9.17) is 11.6 Å². The molecule has 1 fully saturated rings. The van der Waals surface area contributed by atoms with Gasteiger partial charge in [0.2, 0.25) is 10.0 Å². The molecule has 0 aromatic rings. The zero-order valence-electron chi connectivity index (χ0n) is 8.03. The highest BCUT2D eigenvalue weighted by molar-refractivity contribution is 7.89. The highest BCUT2D eigenvalue weighted by Crippen LogP contribution is 2.30. The molecule has 0 atom stereocenters. The second kappa shape index (κ2) is 4.15. The number of alkyl halides is 1. The van der Waals surface area contributed by atoms with E-state index in [0.29, 0.717) is 12.4 Å². The molecular formula is C8H16ClNO2S. The third-order valence-electron chi connectivity index (χ3n) is 2.18. The van der Waals surface area contributed by atoms with Gasteiger partial charge in [0.05, 0.1) is 5.25 Å². The van der Waals surface area contributed by atoms with Gasteiger partial charge in [-0.2, -0.15) is 4.31 Å². The van der Waals surface area contributed by atoms with E-state index in [2.05, 4.69) is 0 Å². The topological polar surface area (TPSA) is 37.4 Å². The number of hydrogen-bond acceptors (Lipinski definition) is 2. The molecule has 5 heteroatoms. The van der Waals surface area contributed by atoms with Gasteiger partial charge < -0.3 is 0 Å². The number of halogens is 1. The van der Waals surface area contributed by atoms with Gasteiger partial charge in [-0.15, -0.1) is 11.6 Å². The van der Waals surface area contributed by atoms with E-state index in [-0.39, 0.29) is 11.3 Å².